The van der Waals surface area contributed by atoms with Crippen LogP contribution in [0.5, 0.6) is 0 Å². The number of nitriles is 1. The zero-order valence-electron chi connectivity index (χ0n) is 27.9. The molecule has 10 heteroatoms. The van der Waals surface area contributed by atoms with Gasteiger partial charge in [-0.15, -0.1) is 0 Å². The summed E-state index contributed by atoms with van der Waals surface area (Å²) < 4.78 is 32.4. The normalized spacial score (nSPS) is 23.7. The van der Waals surface area contributed by atoms with Crippen LogP contribution in [-0.4, -0.2) is 92.1 Å². The molecule has 4 atom stereocenters. The largest absolute Gasteiger partial charge is 0.444 e. The number of rotatable bonds is 6. The van der Waals surface area contributed by atoms with Gasteiger partial charge in [-0.2, -0.15) is 5.26 Å². The van der Waals surface area contributed by atoms with Gasteiger partial charge in [0.05, 0.1) is 25.3 Å². The van der Waals surface area contributed by atoms with E-state index in [1.165, 1.54) is 35.6 Å². The Morgan fingerprint density at radius 2 is 1.85 bits per heavy atom. The highest BCUT2D eigenvalue weighted by Gasteiger charge is 2.41. The summed E-state index contributed by atoms with van der Waals surface area (Å²) in [6, 6.07) is 12.3. The number of nitrogens with one attached hydrogen (secondary N) is 1. The summed E-state index contributed by atoms with van der Waals surface area (Å²) in [6.45, 7) is 9.27. The zero-order valence-corrected chi connectivity index (χ0v) is 27.9. The first-order valence-electron chi connectivity index (χ1n) is 16.3. The number of fused-ring (bicyclic) bond motifs is 2. The van der Waals surface area contributed by atoms with Crippen molar-refractivity contribution in [1.29, 1.82) is 5.26 Å². The smallest absolute Gasteiger partial charge is 0.410 e. The number of amides is 2. The molecule has 0 saturated carbocycles. The molecule has 46 heavy (non-hydrogen) atoms. The third-order valence-corrected chi connectivity index (χ3v) is 9.86. The molecule has 2 saturated heterocycles. The fourth-order valence-electron chi connectivity index (χ4n) is 6.98. The van der Waals surface area contributed by atoms with E-state index in [0.29, 0.717) is 5.56 Å². The quantitative estimate of drug-likeness (QED) is 0.478. The van der Waals surface area contributed by atoms with Gasteiger partial charge in [-0.1, -0.05) is 30.3 Å². The highest BCUT2D eigenvalue weighted by atomic mass is 19.1. The molecule has 2 aromatic carbocycles. The Kier molecular flexibility index (Phi) is 10.1. The predicted octanol–water partition coefficient (Wildman–Crippen LogP) is 4.99. The van der Waals surface area contributed by atoms with Crippen molar-refractivity contribution < 1.29 is 28.2 Å². The van der Waals surface area contributed by atoms with E-state index in [4.69, 9.17) is 14.2 Å². The molecule has 2 amide bonds. The maximum Gasteiger partial charge on any atom is 0.410 e. The van der Waals surface area contributed by atoms with Crippen molar-refractivity contribution >= 4 is 12.0 Å². The molecule has 1 N–H and O–H groups in total. The van der Waals surface area contributed by atoms with Crippen LogP contribution in [0, 0.1) is 17.1 Å². The molecule has 2 aromatic rings. The number of carbonyl (C=O) groups excluding carboxylic acids is 2. The average Bonchev–Trinajstić information content (AvgIpc) is 3.26. The lowest BCUT2D eigenvalue weighted by Gasteiger charge is -2.39. The number of aryl methyl sites for hydroxylation is 1. The van der Waals surface area contributed by atoms with E-state index in [1.807, 2.05) is 13.0 Å². The monoisotopic (exact) mass is 634 g/mol. The second-order valence-corrected chi connectivity index (χ2v) is 14.1. The van der Waals surface area contributed by atoms with Crippen LogP contribution < -0.4 is 5.32 Å². The summed E-state index contributed by atoms with van der Waals surface area (Å²) in [5.41, 5.74) is 4.39. The molecular weight excluding hydrogens is 587 g/mol. The highest BCUT2D eigenvalue weighted by Crippen LogP contribution is 2.47. The summed E-state index contributed by atoms with van der Waals surface area (Å²) in [4.78, 5) is 30.1. The van der Waals surface area contributed by atoms with Gasteiger partial charge in [0.15, 0.2) is 6.10 Å². The number of likely N-dealkylation sites (tertiary alicyclic amines) is 1. The van der Waals surface area contributed by atoms with E-state index in [1.54, 1.807) is 26.8 Å². The van der Waals surface area contributed by atoms with Gasteiger partial charge in [0.2, 0.25) is 0 Å². The molecular formula is C36H47FN4O5. The van der Waals surface area contributed by atoms with Crippen LogP contribution in [0.4, 0.5) is 9.18 Å². The maximum absolute atomic E-state index is 15.5. The Bertz CT molecular complexity index is 1480. The Morgan fingerprint density at radius 1 is 1.15 bits per heavy atom. The number of carbonyl (C=O) groups is 2. The standard InChI is InChI=1S/C36H47FN4O5/c1-23-32(44-6)22-45-31(21-41(23)34(43)46-35(2,3)4)33(42)39-28(20-38)17-27-10-9-26(19-30(27)37)25-8-7-24-11-12-36(29(24)18-25)13-15-40(5)16-14-36/h7-10,18-19,23,28,31-32H,11-17,21-22H2,1-6H3,(H,39,42)/t23?,28-,31-,32?/m0/s1. The molecule has 2 aliphatic heterocycles. The van der Waals surface area contributed by atoms with Gasteiger partial charge in [-0.25, -0.2) is 9.18 Å². The molecule has 0 radical (unpaired) electrons. The minimum Gasteiger partial charge on any atom is -0.444 e. The van der Waals surface area contributed by atoms with Gasteiger partial charge >= 0.3 is 6.09 Å². The molecule has 3 aliphatic rings. The van der Waals surface area contributed by atoms with Crippen molar-refractivity contribution in [3.8, 4) is 17.2 Å². The van der Waals surface area contributed by atoms with E-state index >= 15 is 4.39 Å². The van der Waals surface area contributed by atoms with Crippen molar-refractivity contribution in [3.05, 3.63) is 58.9 Å². The number of methoxy groups -OCH3 is 1. The van der Waals surface area contributed by atoms with E-state index < -0.39 is 47.7 Å². The third-order valence-electron chi connectivity index (χ3n) is 9.86. The number of benzene rings is 2. The summed E-state index contributed by atoms with van der Waals surface area (Å²) >= 11 is 0. The van der Waals surface area contributed by atoms with E-state index in [2.05, 4.69) is 41.5 Å². The van der Waals surface area contributed by atoms with Crippen molar-refractivity contribution in [1.82, 2.24) is 15.1 Å². The molecule has 0 bridgehead atoms. The Labute approximate surface area is 272 Å². The minimum absolute atomic E-state index is 0.0191. The Hall–Kier alpha value is -3.52. The number of hydrogen-bond donors (Lipinski definition) is 1. The van der Waals surface area contributed by atoms with Crippen molar-refractivity contribution in [2.45, 2.75) is 95.1 Å². The Balaban J connectivity index is 1.27. The number of hydrogen-bond acceptors (Lipinski definition) is 7. The molecule has 2 unspecified atom stereocenters. The molecule has 1 aliphatic carbocycles. The fourth-order valence-corrected chi connectivity index (χ4v) is 6.98. The molecule has 2 fully saturated rings. The first kappa shape index (κ1) is 33.8. The van der Waals surface area contributed by atoms with Gasteiger partial charge in [0, 0.05) is 13.5 Å². The fraction of sp³-hybridized carbons (Fsp3) is 0.583. The van der Waals surface area contributed by atoms with Crippen LogP contribution in [-0.2, 0) is 37.3 Å². The molecule has 248 valence electrons. The van der Waals surface area contributed by atoms with Gasteiger partial charge in [0.1, 0.15) is 23.6 Å². The Morgan fingerprint density at radius 3 is 2.50 bits per heavy atom. The van der Waals surface area contributed by atoms with Gasteiger partial charge < -0.3 is 24.4 Å². The predicted molar refractivity (Wildman–Crippen MR) is 173 cm³/mol. The number of halogens is 1. The zero-order chi connectivity index (χ0) is 33.2. The summed E-state index contributed by atoms with van der Waals surface area (Å²) in [7, 11) is 3.69. The van der Waals surface area contributed by atoms with Crippen LogP contribution in [0.3, 0.4) is 0 Å². The van der Waals surface area contributed by atoms with Gasteiger partial charge in [-0.3, -0.25) is 9.69 Å². The number of piperidine rings is 1. The van der Waals surface area contributed by atoms with Crippen molar-refractivity contribution in [3.63, 3.8) is 0 Å². The lowest BCUT2D eigenvalue weighted by Crippen LogP contribution is -2.51. The van der Waals surface area contributed by atoms with Crippen LogP contribution in [0.1, 0.15) is 63.6 Å². The molecule has 0 aromatic heterocycles. The van der Waals surface area contributed by atoms with Crippen LogP contribution >= 0.6 is 0 Å². The van der Waals surface area contributed by atoms with Gasteiger partial charge in [0.25, 0.3) is 5.91 Å². The van der Waals surface area contributed by atoms with Crippen LogP contribution in [0.25, 0.3) is 11.1 Å². The number of nitrogens with zero attached hydrogens (tertiary/aromatic N) is 3. The van der Waals surface area contributed by atoms with Crippen molar-refractivity contribution in [2.24, 2.45) is 0 Å². The van der Waals surface area contributed by atoms with E-state index in [0.717, 1.165) is 43.5 Å². The lowest BCUT2D eigenvalue weighted by molar-refractivity contribution is -0.134. The SMILES string of the molecule is COC1CO[C@H](C(=O)N[C@H](C#N)Cc2ccc(-c3ccc4c(c3)C3(CC4)CCN(C)CC3)cc2F)CN(C(=O)OC(C)(C)C)C1C. The molecule has 5 rings (SSSR count). The second kappa shape index (κ2) is 13.7. The molecule has 1 spiro atoms. The number of ether oxygens (including phenoxy) is 3. The average molecular weight is 635 g/mol. The van der Waals surface area contributed by atoms with E-state index in [-0.39, 0.29) is 25.0 Å². The van der Waals surface area contributed by atoms with Crippen LogP contribution in [0.2, 0.25) is 0 Å². The van der Waals surface area contributed by atoms with Crippen LogP contribution in [0.15, 0.2) is 36.4 Å². The van der Waals surface area contributed by atoms with Gasteiger partial charge in [-0.05, 0) is 113 Å². The minimum atomic E-state index is -1.06. The highest BCUT2D eigenvalue weighted by molar-refractivity contribution is 5.82. The van der Waals surface area contributed by atoms with E-state index in [9.17, 15) is 14.9 Å². The first-order valence-corrected chi connectivity index (χ1v) is 16.3. The summed E-state index contributed by atoms with van der Waals surface area (Å²) in [5.74, 6) is -0.998. The summed E-state index contributed by atoms with van der Waals surface area (Å²) in [6.07, 6.45) is 2.40. The third kappa shape index (κ3) is 7.38. The lowest BCUT2D eigenvalue weighted by atomic mass is 9.73. The first-order chi connectivity index (χ1) is 21.8. The summed E-state index contributed by atoms with van der Waals surface area (Å²) in [5, 5.41) is 12.6. The maximum atomic E-state index is 15.5. The van der Waals surface area contributed by atoms with Crippen molar-refractivity contribution in [2.75, 3.05) is 40.4 Å². The second-order valence-electron chi connectivity index (χ2n) is 14.1. The molecule has 2 heterocycles. The molecule has 9 nitrogen and oxygen atoms in total. The topological polar surface area (TPSA) is 104 Å².